The summed E-state index contributed by atoms with van der Waals surface area (Å²) < 4.78 is 5.03. The van der Waals surface area contributed by atoms with Crippen LogP contribution in [0.2, 0.25) is 0 Å². The van der Waals surface area contributed by atoms with Crippen molar-refractivity contribution >= 4 is 17.8 Å². The number of carboxylic acid groups (broad SMARTS) is 1. The number of hydrazine groups is 1. The number of nitrogens with one attached hydrogen (secondary N) is 2. The van der Waals surface area contributed by atoms with E-state index in [1.165, 1.54) is 12.3 Å². The molecule has 0 aromatic carbocycles. The van der Waals surface area contributed by atoms with Crippen molar-refractivity contribution in [3.63, 3.8) is 0 Å². The van der Waals surface area contributed by atoms with Crippen molar-refractivity contribution in [3.8, 4) is 0 Å². The predicted octanol–water partition coefficient (Wildman–Crippen LogP) is 1.80. The highest BCUT2D eigenvalue weighted by molar-refractivity contribution is 5.96. The summed E-state index contributed by atoms with van der Waals surface area (Å²) in [5, 5.41) is 9.32. The lowest BCUT2D eigenvalue weighted by atomic mass is 9.76. The van der Waals surface area contributed by atoms with Crippen molar-refractivity contribution in [3.05, 3.63) is 34.8 Å². The van der Waals surface area contributed by atoms with Gasteiger partial charge in [-0.05, 0) is 39.7 Å². The van der Waals surface area contributed by atoms with Crippen molar-refractivity contribution in [1.29, 1.82) is 0 Å². The van der Waals surface area contributed by atoms with Crippen LogP contribution in [0.5, 0.6) is 0 Å². The van der Waals surface area contributed by atoms with Gasteiger partial charge in [0.15, 0.2) is 0 Å². The molecule has 0 unspecified atom stereocenters. The lowest BCUT2D eigenvalue weighted by Gasteiger charge is -2.29. The molecule has 7 nitrogen and oxygen atoms in total. The molecule has 1 heterocycles. The van der Waals surface area contributed by atoms with E-state index in [0.717, 1.165) is 11.1 Å². The molecule has 0 bridgehead atoms. The molecule has 0 saturated heterocycles. The number of hydrogen-bond acceptors (Lipinski definition) is 4. The summed E-state index contributed by atoms with van der Waals surface area (Å²) >= 11 is 0. The predicted molar refractivity (Wildman–Crippen MR) is 81.3 cm³/mol. The van der Waals surface area contributed by atoms with Crippen LogP contribution in [0.25, 0.3) is 0 Å². The van der Waals surface area contributed by atoms with Crippen LogP contribution < -0.4 is 10.9 Å². The van der Waals surface area contributed by atoms with Crippen LogP contribution in [-0.4, -0.2) is 22.9 Å². The Hall–Kier alpha value is -2.57. The highest BCUT2D eigenvalue weighted by atomic mass is 16.4. The fraction of sp³-hybridized carbons (Fsp3) is 0.438. The molecule has 0 aliphatic heterocycles. The van der Waals surface area contributed by atoms with Crippen LogP contribution in [0.1, 0.15) is 42.8 Å². The minimum Gasteiger partial charge on any atom is -0.481 e. The van der Waals surface area contributed by atoms with Crippen molar-refractivity contribution in [2.24, 2.45) is 11.8 Å². The van der Waals surface area contributed by atoms with Crippen LogP contribution >= 0.6 is 0 Å². The molecule has 7 heteroatoms. The number of rotatable bonds is 3. The van der Waals surface area contributed by atoms with E-state index in [4.69, 9.17) is 4.42 Å². The monoisotopic (exact) mass is 320 g/mol. The van der Waals surface area contributed by atoms with Crippen LogP contribution in [0.15, 0.2) is 27.9 Å². The number of amides is 2. The number of carboxylic acids is 1. The van der Waals surface area contributed by atoms with Gasteiger partial charge in [0.2, 0.25) is 5.91 Å². The van der Waals surface area contributed by atoms with E-state index < -0.39 is 29.6 Å². The summed E-state index contributed by atoms with van der Waals surface area (Å²) in [6, 6.07) is 1.49. The van der Waals surface area contributed by atoms with Crippen LogP contribution in [0.4, 0.5) is 0 Å². The molecular weight excluding hydrogens is 300 g/mol. The van der Waals surface area contributed by atoms with Crippen LogP contribution in [-0.2, 0) is 9.59 Å². The lowest BCUT2D eigenvalue weighted by molar-refractivity contribution is -0.147. The summed E-state index contributed by atoms with van der Waals surface area (Å²) in [5.41, 5.74) is 6.95. The zero-order valence-electron chi connectivity index (χ0n) is 13.3. The average molecular weight is 320 g/mol. The maximum atomic E-state index is 12.3. The van der Waals surface area contributed by atoms with E-state index >= 15 is 0 Å². The molecule has 124 valence electrons. The molecular formula is C16H20N2O5. The van der Waals surface area contributed by atoms with E-state index in [9.17, 15) is 19.5 Å². The van der Waals surface area contributed by atoms with Gasteiger partial charge in [0.1, 0.15) is 5.76 Å². The fourth-order valence-corrected chi connectivity index (χ4v) is 2.73. The summed E-state index contributed by atoms with van der Waals surface area (Å²) in [6.45, 7) is 5.40. The number of allylic oxidation sites excluding steroid dienone is 2. The Morgan fingerprint density at radius 1 is 1.09 bits per heavy atom. The van der Waals surface area contributed by atoms with Gasteiger partial charge in [-0.15, -0.1) is 0 Å². The number of carbonyl (C=O) groups is 3. The van der Waals surface area contributed by atoms with Gasteiger partial charge < -0.3 is 9.52 Å². The summed E-state index contributed by atoms with van der Waals surface area (Å²) in [7, 11) is 0. The third kappa shape index (κ3) is 3.61. The van der Waals surface area contributed by atoms with Gasteiger partial charge in [0, 0.05) is 0 Å². The SMILES string of the molecule is CC1=C(C)C[C@@H](C(=O)NNC(=O)c2ccoc2C)[C@@H](C(=O)O)C1. The third-order valence-corrected chi connectivity index (χ3v) is 4.32. The summed E-state index contributed by atoms with van der Waals surface area (Å²) in [4.78, 5) is 35.6. The largest absolute Gasteiger partial charge is 0.481 e. The topological polar surface area (TPSA) is 109 Å². The van der Waals surface area contributed by atoms with Crippen molar-refractivity contribution < 1.29 is 23.9 Å². The summed E-state index contributed by atoms with van der Waals surface area (Å²) in [5.74, 6) is -3.07. The van der Waals surface area contributed by atoms with E-state index in [-0.39, 0.29) is 0 Å². The van der Waals surface area contributed by atoms with Crippen molar-refractivity contribution in [2.75, 3.05) is 0 Å². The average Bonchev–Trinajstić information content (AvgIpc) is 2.92. The van der Waals surface area contributed by atoms with Gasteiger partial charge in [-0.3, -0.25) is 25.2 Å². The van der Waals surface area contributed by atoms with Crippen LogP contribution in [0.3, 0.4) is 0 Å². The molecule has 2 atom stereocenters. The van der Waals surface area contributed by atoms with Crippen LogP contribution in [0, 0.1) is 18.8 Å². The molecule has 0 radical (unpaired) electrons. The maximum Gasteiger partial charge on any atom is 0.307 e. The second kappa shape index (κ2) is 6.68. The third-order valence-electron chi connectivity index (χ3n) is 4.32. The standard InChI is InChI=1S/C16H20N2O5/c1-8-6-12(13(16(21)22)7-9(8)2)15(20)18-17-14(19)11-4-5-23-10(11)3/h4-5,12-13H,6-7H2,1-3H3,(H,17,19)(H,18,20)(H,21,22)/t12-,13+/m1/s1. The van der Waals surface area contributed by atoms with Gasteiger partial charge >= 0.3 is 5.97 Å². The van der Waals surface area contributed by atoms with Gasteiger partial charge in [-0.1, -0.05) is 11.1 Å². The first-order valence-corrected chi connectivity index (χ1v) is 7.33. The zero-order chi connectivity index (χ0) is 17.1. The molecule has 1 aromatic heterocycles. The quantitative estimate of drug-likeness (QED) is 0.581. The number of hydrogen-bond donors (Lipinski definition) is 3. The molecule has 0 spiro atoms. The van der Waals surface area contributed by atoms with E-state index in [2.05, 4.69) is 10.9 Å². The van der Waals surface area contributed by atoms with Gasteiger partial charge in [0.25, 0.3) is 5.91 Å². The molecule has 0 saturated carbocycles. The van der Waals surface area contributed by atoms with E-state index in [1.54, 1.807) is 6.92 Å². The highest BCUT2D eigenvalue weighted by Gasteiger charge is 2.37. The van der Waals surface area contributed by atoms with Gasteiger partial charge in [-0.25, -0.2) is 0 Å². The Kier molecular flexibility index (Phi) is 4.88. The fourth-order valence-electron chi connectivity index (χ4n) is 2.73. The number of aliphatic carboxylic acids is 1. The minimum atomic E-state index is -1.01. The Morgan fingerprint density at radius 3 is 2.22 bits per heavy atom. The molecule has 1 aliphatic rings. The molecule has 1 aliphatic carbocycles. The first kappa shape index (κ1) is 16.8. The van der Waals surface area contributed by atoms with E-state index in [0.29, 0.717) is 24.2 Å². The lowest BCUT2D eigenvalue weighted by Crippen LogP contribution is -2.48. The smallest absolute Gasteiger partial charge is 0.307 e. The van der Waals surface area contributed by atoms with Crippen molar-refractivity contribution in [2.45, 2.75) is 33.6 Å². The molecule has 0 fully saturated rings. The van der Waals surface area contributed by atoms with Crippen molar-refractivity contribution in [1.82, 2.24) is 10.9 Å². The second-order valence-corrected chi connectivity index (χ2v) is 5.85. The first-order chi connectivity index (χ1) is 10.8. The molecule has 2 amide bonds. The number of furan rings is 1. The van der Waals surface area contributed by atoms with Gasteiger partial charge in [-0.2, -0.15) is 0 Å². The van der Waals surface area contributed by atoms with E-state index in [1.807, 2.05) is 13.8 Å². The molecule has 3 N–H and O–H groups in total. The highest BCUT2D eigenvalue weighted by Crippen LogP contribution is 2.34. The Labute approximate surface area is 133 Å². The zero-order valence-corrected chi connectivity index (χ0v) is 13.3. The first-order valence-electron chi connectivity index (χ1n) is 7.33. The number of carbonyl (C=O) groups excluding carboxylic acids is 2. The number of aryl methyl sites for hydroxylation is 1. The molecule has 23 heavy (non-hydrogen) atoms. The maximum absolute atomic E-state index is 12.3. The normalized spacial score (nSPS) is 21.0. The Bertz CT molecular complexity index is 674. The Morgan fingerprint density at radius 2 is 1.70 bits per heavy atom. The van der Waals surface area contributed by atoms with Gasteiger partial charge in [0.05, 0.1) is 23.7 Å². The molecule has 1 aromatic rings. The molecule has 2 rings (SSSR count). The minimum absolute atomic E-state index is 0.315. The summed E-state index contributed by atoms with van der Waals surface area (Å²) in [6.07, 6.45) is 2.09. The Balaban J connectivity index is 2.03. The second-order valence-electron chi connectivity index (χ2n) is 5.85.